The maximum absolute atomic E-state index is 12.7. The number of hydrogen-bond donors (Lipinski definition) is 1. The Balaban J connectivity index is 1.62. The van der Waals surface area contributed by atoms with Gasteiger partial charge in [-0.1, -0.05) is 12.1 Å². The Morgan fingerprint density at radius 1 is 1.16 bits per heavy atom. The second-order valence-electron chi connectivity index (χ2n) is 6.78. The van der Waals surface area contributed by atoms with E-state index in [1.165, 1.54) is 54.0 Å². The summed E-state index contributed by atoms with van der Waals surface area (Å²) in [4.78, 5) is 27.7. The second kappa shape index (κ2) is 7.84. The third kappa shape index (κ3) is 4.12. The molecule has 0 aliphatic carbocycles. The summed E-state index contributed by atoms with van der Waals surface area (Å²) in [5.41, 5.74) is 1.28. The van der Waals surface area contributed by atoms with Crippen LogP contribution in [0.25, 0.3) is 11.1 Å². The van der Waals surface area contributed by atoms with Crippen LogP contribution in [0.1, 0.15) is 35.9 Å². The number of ketones is 1. The molecule has 0 bridgehead atoms. The van der Waals surface area contributed by atoms with Gasteiger partial charge in [0.1, 0.15) is 0 Å². The van der Waals surface area contributed by atoms with Gasteiger partial charge in [0.25, 0.3) is 10.0 Å². The lowest BCUT2D eigenvalue weighted by Gasteiger charge is -2.08. The molecule has 4 rings (SSSR count). The Morgan fingerprint density at radius 2 is 1.90 bits per heavy atom. The summed E-state index contributed by atoms with van der Waals surface area (Å²) in [6.07, 6.45) is 0.569. The molecular weight excluding hydrogens is 424 g/mol. The van der Waals surface area contributed by atoms with E-state index in [0.717, 1.165) is 0 Å². The first-order valence-electron chi connectivity index (χ1n) is 9.35. The van der Waals surface area contributed by atoms with Crippen molar-refractivity contribution in [3.8, 4) is 0 Å². The van der Waals surface area contributed by atoms with Crippen LogP contribution in [0.4, 0.5) is 5.69 Å². The highest BCUT2D eigenvalue weighted by molar-refractivity contribution is 7.92. The molecule has 0 atom stereocenters. The van der Waals surface area contributed by atoms with E-state index in [9.17, 15) is 18.0 Å². The number of nitrogens with one attached hydrogen (secondary N) is 1. The number of aryl methyl sites for hydroxylation is 1. The van der Waals surface area contributed by atoms with Crippen LogP contribution in [0.3, 0.4) is 0 Å². The average Bonchev–Trinajstić information content (AvgIpc) is 3.32. The number of rotatable bonds is 7. The number of aromatic nitrogens is 3. The number of benzene rings is 2. The summed E-state index contributed by atoms with van der Waals surface area (Å²) in [7, 11) is -3.95. The van der Waals surface area contributed by atoms with Gasteiger partial charge in [0.2, 0.25) is 5.89 Å². The first kappa shape index (κ1) is 20.5. The lowest BCUT2D eigenvalue weighted by molar-refractivity contribution is 0.101. The molecule has 0 aliphatic rings. The van der Waals surface area contributed by atoms with Gasteiger partial charge in [-0.25, -0.2) is 13.2 Å². The zero-order chi connectivity index (χ0) is 22.2. The van der Waals surface area contributed by atoms with E-state index in [1.807, 2.05) is 6.92 Å². The molecular formula is C20H18N4O6S. The van der Waals surface area contributed by atoms with Crippen LogP contribution >= 0.6 is 0 Å². The zero-order valence-electron chi connectivity index (χ0n) is 16.7. The number of oxazole rings is 1. The molecule has 4 aromatic rings. The Morgan fingerprint density at radius 3 is 2.55 bits per heavy atom. The third-order valence-corrected chi connectivity index (χ3v) is 5.98. The van der Waals surface area contributed by atoms with E-state index in [4.69, 9.17) is 8.94 Å². The minimum Gasteiger partial charge on any atom is -0.408 e. The van der Waals surface area contributed by atoms with Gasteiger partial charge >= 0.3 is 5.76 Å². The number of carbonyl (C=O) groups excluding carboxylic acids is 1. The average molecular weight is 442 g/mol. The molecule has 10 nitrogen and oxygen atoms in total. The van der Waals surface area contributed by atoms with Crippen molar-refractivity contribution in [1.82, 2.24) is 14.7 Å². The first-order chi connectivity index (χ1) is 14.8. The molecule has 2 heterocycles. The van der Waals surface area contributed by atoms with Crippen molar-refractivity contribution in [3.05, 3.63) is 70.3 Å². The van der Waals surface area contributed by atoms with Gasteiger partial charge in [-0.05, 0) is 43.3 Å². The molecule has 160 valence electrons. The van der Waals surface area contributed by atoms with Crippen LogP contribution < -0.4 is 10.5 Å². The highest BCUT2D eigenvalue weighted by Crippen LogP contribution is 2.22. The third-order valence-electron chi connectivity index (χ3n) is 4.61. The standard InChI is InChI=1S/C20H18N4O6S/c1-3-19-21-18(22-30-19)11-24-16-9-8-15(10-17(16)29-20(24)26)31(27,28)23-14-6-4-13(5-7-14)12(2)25/h4-10,23H,3,11H2,1-2H3. The van der Waals surface area contributed by atoms with E-state index in [1.54, 1.807) is 0 Å². The molecule has 2 aromatic heterocycles. The van der Waals surface area contributed by atoms with Crippen molar-refractivity contribution in [1.29, 1.82) is 0 Å². The number of anilines is 1. The topological polar surface area (TPSA) is 137 Å². The van der Waals surface area contributed by atoms with Crippen molar-refractivity contribution in [3.63, 3.8) is 0 Å². The van der Waals surface area contributed by atoms with Gasteiger partial charge in [0, 0.05) is 23.7 Å². The Bertz CT molecular complexity index is 1430. The minimum absolute atomic E-state index is 0.0299. The SMILES string of the molecule is CCc1nc(Cn2c(=O)oc3cc(S(=O)(=O)Nc4ccc(C(C)=O)cc4)ccc32)no1. The van der Waals surface area contributed by atoms with E-state index in [2.05, 4.69) is 14.9 Å². The fourth-order valence-electron chi connectivity index (χ4n) is 2.99. The van der Waals surface area contributed by atoms with Gasteiger partial charge in [0.15, 0.2) is 17.2 Å². The fourth-order valence-corrected chi connectivity index (χ4v) is 4.06. The Hall–Kier alpha value is -3.73. The molecule has 0 amide bonds. The number of nitrogens with zero attached hydrogens (tertiary/aromatic N) is 3. The van der Waals surface area contributed by atoms with Crippen LogP contribution in [0, 0.1) is 0 Å². The van der Waals surface area contributed by atoms with E-state index < -0.39 is 15.8 Å². The smallest absolute Gasteiger partial charge is 0.408 e. The number of fused-ring (bicyclic) bond motifs is 1. The summed E-state index contributed by atoms with van der Waals surface area (Å²) in [5.74, 6) is -0.0213. The molecule has 0 radical (unpaired) electrons. The van der Waals surface area contributed by atoms with Gasteiger partial charge in [-0.2, -0.15) is 4.98 Å². The van der Waals surface area contributed by atoms with Gasteiger partial charge < -0.3 is 8.94 Å². The molecule has 11 heteroatoms. The minimum atomic E-state index is -3.95. The zero-order valence-corrected chi connectivity index (χ0v) is 17.5. The maximum atomic E-state index is 12.7. The molecule has 0 saturated heterocycles. The van der Waals surface area contributed by atoms with Crippen molar-refractivity contribution in [2.75, 3.05) is 4.72 Å². The van der Waals surface area contributed by atoms with Crippen LogP contribution in [0.5, 0.6) is 0 Å². The van der Waals surface area contributed by atoms with Crippen LogP contribution in [0.2, 0.25) is 0 Å². The Kier molecular flexibility index (Phi) is 5.19. The molecule has 0 aliphatic heterocycles. The molecule has 0 unspecified atom stereocenters. The van der Waals surface area contributed by atoms with Crippen molar-refractivity contribution >= 4 is 32.6 Å². The summed E-state index contributed by atoms with van der Waals surface area (Å²) in [6.45, 7) is 3.32. The largest absolute Gasteiger partial charge is 0.420 e. The molecule has 0 fully saturated rings. The summed E-state index contributed by atoms with van der Waals surface area (Å²) in [6, 6.07) is 10.2. The molecule has 31 heavy (non-hydrogen) atoms. The number of carbonyl (C=O) groups is 1. The predicted molar refractivity (Wildman–Crippen MR) is 111 cm³/mol. The van der Waals surface area contributed by atoms with Crippen LogP contribution in [-0.4, -0.2) is 28.9 Å². The van der Waals surface area contributed by atoms with Gasteiger partial charge in [0.05, 0.1) is 17.0 Å². The lowest BCUT2D eigenvalue weighted by atomic mass is 10.1. The summed E-state index contributed by atoms with van der Waals surface area (Å²) in [5, 5.41) is 3.82. The van der Waals surface area contributed by atoms with E-state index in [0.29, 0.717) is 34.9 Å². The monoisotopic (exact) mass is 442 g/mol. The quantitative estimate of drug-likeness (QED) is 0.431. The number of sulfonamides is 1. The fraction of sp³-hybridized carbons (Fsp3) is 0.200. The lowest BCUT2D eigenvalue weighted by Crippen LogP contribution is -2.15. The normalized spacial score (nSPS) is 11.7. The molecule has 0 saturated carbocycles. The highest BCUT2D eigenvalue weighted by atomic mass is 32.2. The van der Waals surface area contributed by atoms with Crippen molar-refractivity contribution in [2.24, 2.45) is 0 Å². The summed E-state index contributed by atoms with van der Waals surface area (Å²) < 4.78 is 39.5. The summed E-state index contributed by atoms with van der Waals surface area (Å²) >= 11 is 0. The van der Waals surface area contributed by atoms with Gasteiger partial charge in [-0.15, -0.1) is 0 Å². The van der Waals surface area contributed by atoms with Gasteiger partial charge in [-0.3, -0.25) is 14.1 Å². The molecule has 2 aromatic carbocycles. The van der Waals surface area contributed by atoms with E-state index in [-0.39, 0.29) is 22.8 Å². The number of hydrogen-bond acceptors (Lipinski definition) is 8. The number of Topliss-reactive ketones (excluding diaryl/α,β-unsaturated/α-hetero) is 1. The van der Waals surface area contributed by atoms with Crippen molar-refractivity contribution < 1.29 is 22.2 Å². The first-order valence-corrected chi connectivity index (χ1v) is 10.8. The van der Waals surface area contributed by atoms with Crippen molar-refractivity contribution in [2.45, 2.75) is 31.7 Å². The molecule has 0 spiro atoms. The Labute approximate surface area is 176 Å². The second-order valence-corrected chi connectivity index (χ2v) is 8.46. The van der Waals surface area contributed by atoms with Crippen LogP contribution in [0.15, 0.2) is 61.1 Å². The predicted octanol–water partition coefficient (Wildman–Crippen LogP) is 2.59. The highest BCUT2D eigenvalue weighted by Gasteiger charge is 2.19. The molecule has 1 N–H and O–H groups in total. The van der Waals surface area contributed by atoms with Crippen LogP contribution in [-0.2, 0) is 23.0 Å². The van der Waals surface area contributed by atoms with E-state index >= 15 is 0 Å². The maximum Gasteiger partial charge on any atom is 0.420 e.